The molecule has 3 heterocycles. The van der Waals surface area contributed by atoms with E-state index in [4.69, 9.17) is 42.1 Å². The van der Waals surface area contributed by atoms with Gasteiger partial charge >= 0.3 is 14.6 Å². The maximum Gasteiger partial charge on any atom is 0.639 e. The minimum absolute atomic E-state index is 0.350. The SMILES string of the molecule is C1COB2OCCOCCOB(OCCO1)OCCOCCO2. The lowest BCUT2D eigenvalue weighted by atomic mass is 10.2. The van der Waals surface area contributed by atoms with E-state index in [2.05, 4.69) is 0 Å². The lowest BCUT2D eigenvalue weighted by Gasteiger charge is -2.18. The second-order valence-corrected chi connectivity index (χ2v) is 4.64. The third-order valence-corrected chi connectivity index (χ3v) is 2.89. The van der Waals surface area contributed by atoms with Crippen LogP contribution in [0.4, 0.5) is 0 Å². The van der Waals surface area contributed by atoms with Crippen molar-refractivity contribution in [3.63, 3.8) is 0 Å². The van der Waals surface area contributed by atoms with Crippen LogP contribution in [0.2, 0.25) is 0 Å². The number of hydrogen-bond acceptors (Lipinski definition) is 9. The van der Waals surface area contributed by atoms with Crippen LogP contribution < -0.4 is 0 Å². The molecular formula is C12H24B2O9. The molecule has 0 amide bonds. The molecule has 0 aromatic rings. The number of rotatable bonds is 0. The van der Waals surface area contributed by atoms with Crippen molar-refractivity contribution in [2.75, 3.05) is 79.3 Å². The highest BCUT2D eigenvalue weighted by Crippen LogP contribution is 1.98. The molecule has 3 saturated heterocycles. The van der Waals surface area contributed by atoms with Gasteiger partial charge in [0.05, 0.1) is 79.3 Å². The summed E-state index contributed by atoms with van der Waals surface area (Å²) in [6.45, 7) is 4.55. The minimum Gasteiger partial charge on any atom is -0.383 e. The van der Waals surface area contributed by atoms with Gasteiger partial charge < -0.3 is 42.1 Å². The Hall–Kier alpha value is -0.230. The Labute approximate surface area is 137 Å². The van der Waals surface area contributed by atoms with Gasteiger partial charge in [0.25, 0.3) is 0 Å². The average Bonchev–Trinajstić information content (AvgIpc) is 2.55. The summed E-state index contributed by atoms with van der Waals surface area (Å²) in [4.78, 5) is 0. The van der Waals surface area contributed by atoms with Crippen molar-refractivity contribution < 1.29 is 42.1 Å². The lowest BCUT2D eigenvalue weighted by Crippen LogP contribution is -2.34. The molecule has 3 aliphatic rings. The molecule has 132 valence electrons. The monoisotopic (exact) mass is 334 g/mol. The average molecular weight is 334 g/mol. The van der Waals surface area contributed by atoms with Crippen LogP contribution in [0.15, 0.2) is 0 Å². The highest BCUT2D eigenvalue weighted by Gasteiger charge is 2.23. The van der Waals surface area contributed by atoms with Crippen molar-refractivity contribution in [3.8, 4) is 0 Å². The normalized spacial score (nSPS) is 25.0. The maximum absolute atomic E-state index is 5.49. The lowest BCUT2D eigenvalue weighted by molar-refractivity contribution is -0.0153. The summed E-state index contributed by atoms with van der Waals surface area (Å²) in [5.74, 6) is 0. The van der Waals surface area contributed by atoms with Crippen LogP contribution in [0.3, 0.4) is 0 Å². The van der Waals surface area contributed by atoms with Crippen molar-refractivity contribution in [2.45, 2.75) is 0 Å². The van der Waals surface area contributed by atoms with E-state index in [0.717, 1.165) is 0 Å². The molecule has 3 fully saturated rings. The van der Waals surface area contributed by atoms with Gasteiger partial charge in [-0.1, -0.05) is 0 Å². The predicted octanol–water partition coefficient (Wildman–Crippen LogP) is -0.867. The third-order valence-electron chi connectivity index (χ3n) is 2.89. The second-order valence-electron chi connectivity index (χ2n) is 4.64. The van der Waals surface area contributed by atoms with Crippen LogP contribution in [0.1, 0.15) is 0 Å². The molecule has 0 spiro atoms. The zero-order valence-electron chi connectivity index (χ0n) is 13.3. The Morgan fingerprint density at radius 1 is 0.304 bits per heavy atom. The van der Waals surface area contributed by atoms with Crippen LogP contribution >= 0.6 is 0 Å². The highest BCUT2D eigenvalue weighted by molar-refractivity contribution is 6.36. The quantitative estimate of drug-likeness (QED) is 0.415. The molecule has 0 aromatic heterocycles. The molecule has 0 saturated carbocycles. The molecule has 2 bridgehead atoms. The number of fused-ring (bicyclic) bond motifs is 18. The van der Waals surface area contributed by atoms with Gasteiger partial charge in [0.15, 0.2) is 0 Å². The Morgan fingerprint density at radius 3 is 0.739 bits per heavy atom. The van der Waals surface area contributed by atoms with Crippen LogP contribution in [-0.2, 0) is 42.1 Å². The van der Waals surface area contributed by atoms with Crippen molar-refractivity contribution >= 4 is 14.6 Å². The molecule has 0 aromatic carbocycles. The van der Waals surface area contributed by atoms with E-state index in [1.807, 2.05) is 0 Å². The van der Waals surface area contributed by atoms with Crippen molar-refractivity contribution in [1.29, 1.82) is 0 Å². The maximum atomic E-state index is 5.49. The fraction of sp³-hybridized carbons (Fsp3) is 1.00. The second kappa shape index (κ2) is 13.1. The van der Waals surface area contributed by atoms with Crippen LogP contribution in [-0.4, -0.2) is 93.9 Å². The van der Waals surface area contributed by atoms with Crippen molar-refractivity contribution in [2.24, 2.45) is 0 Å². The van der Waals surface area contributed by atoms with Crippen LogP contribution in [0.5, 0.6) is 0 Å². The van der Waals surface area contributed by atoms with E-state index in [1.54, 1.807) is 0 Å². The van der Waals surface area contributed by atoms with Gasteiger partial charge in [-0.25, -0.2) is 0 Å². The van der Waals surface area contributed by atoms with Gasteiger partial charge in [-0.15, -0.1) is 0 Å². The topological polar surface area (TPSA) is 83.1 Å². The molecule has 0 atom stereocenters. The Bertz CT molecular complexity index is 220. The van der Waals surface area contributed by atoms with Gasteiger partial charge in [0.2, 0.25) is 0 Å². The van der Waals surface area contributed by atoms with E-state index < -0.39 is 14.6 Å². The molecule has 0 unspecified atom stereocenters. The zero-order chi connectivity index (χ0) is 16.0. The first-order valence-corrected chi connectivity index (χ1v) is 7.88. The zero-order valence-corrected chi connectivity index (χ0v) is 13.3. The van der Waals surface area contributed by atoms with E-state index in [1.165, 1.54) is 0 Å². The fourth-order valence-corrected chi connectivity index (χ4v) is 1.81. The Balaban J connectivity index is 1.88. The summed E-state index contributed by atoms with van der Waals surface area (Å²) in [5.41, 5.74) is 0. The van der Waals surface area contributed by atoms with Crippen molar-refractivity contribution in [3.05, 3.63) is 0 Å². The summed E-state index contributed by atoms with van der Waals surface area (Å²) >= 11 is 0. The summed E-state index contributed by atoms with van der Waals surface area (Å²) in [6, 6.07) is 0. The van der Waals surface area contributed by atoms with E-state index >= 15 is 0 Å². The summed E-state index contributed by atoms with van der Waals surface area (Å²) in [7, 11) is -1.53. The summed E-state index contributed by atoms with van der Waals surface area (Å²) in [5, 5.41) is 0. The molecule has 0 radical (unpaired) electrons. The van der Waals surface area contributed by atoms with Gasteiger partial charge in [-0.3, -0.25) is 0 Å². The number of hydrogen-bond donors (Lipinski definition) is 0. The van der Waals surface area contributed by atoms with E-state index in [0.29, 0.717) is 79.3 Å². The Kier molecular flexibility index (Phi) is 10.9. The van der Waals surface area contributed by atoms with Gasteiger partial charge in [-0.2, -0.15) is 0 Å². The van der Waals surface area contributed by atoms with Gasteiger partial charge in [0.1, 0.15) is 0 Å². The van der Waals surface area contributed by atoms with Crippen LogP contribution in [0, 0.1) is 0 Å². The highest BCUT2D eigenvalue weighted by atomic mass is 16.8. The molecule has 23 heavy (non-hydrogen) atoms. The first kappa shape index (κ1) is 19.1. The molecule has 3 aliphatic heterocycles. The molecule has 11 heteroatoms. The first-order chi connectivity index (χ1) is 11.4. The van der Waals surface area contributed by atoms with E-state index in [-0.39, 0.29) is 0 Å². The minimum atomic E-state index is -0.764. The first-order valence-electron chi connectivity index (χ1n) is 7.88. The third kappa shape index (κ3) is 9.60. The summed E-state index contributed by atoms with van der Waals surface area (Å²) in [6.07, 6.45) is 0. The summed E-state index contributed by atoms with van der Waals surface area (Å²) < 4.78 is 49.1. The molecular weight excluding hydrogens is 310 g/mol. The predicted molar refractivity (Wildman–Crippen MR) is 79.7 cm³/mol. The largest absolute Gasteiger partial charge is 0.639 e. The van der Waals surface area contributed by atoms with Crippen molar-refractivity contribution in [1.82, 2.24) is 0 Å². The molecule has 9 nitrogen and oxygen atoms in total. The number of ether oxygens (including phenoxy) is 3. The molecule has 0 N–H and O–H groups in total. The van der Waals surface area contributed by atoms with Gasteiger partial charge in [0, 0.05) is 0 Å². The smallest absolute Gasteiger partial charge is 0.383 e. The molecule has 3 rings (SSSR count). The van der Waals surface area contributed by atoms with Gasteiger partial charge in [-0.05, 0) is 0 Å². The van der Waals surface area contributed by atoms with E-state index in [9.17, 15) is 0 Å². The molecule has 0 aliphatic carbocycles. The Morgan fingerprint density at radius 2 is 0.522 bits per heavy atom. The fourth-order valence-electron chi connectivity index (χ4n) is 1.81. The standard InChI is InChI=1S/C12H24B2O9/c1-7-18-13-20-9-3-16-5-11-22-14(19-8-2-15-1)23-12-6-17-4-10-21-13/h1-12H2. The van der Waals surface area contributed by atoms with Crippen LogP contribution in [0.25, 0.3) is 0 Å².